The number of nitrogens with zero attached hydrogens (tertiary/aromatic N) is 5. The van der Waals surface area contributed by atoms with Gasteiger partial charge in [0.05, 0.1) is 47.6 Å². The van der Waals surface area contributed by atoms with Crippen molar-refractivity contribution < 1.29 is 21.9 Å². The summed E-state index contributed by atoms with van der Waals surface area (Å²) in [5, 5.41) is 5.01. The van der Waals surface area contributed by atoms with Crippen LogP contribution >= 0.6 is 11.6 Å². The first-order chi connectivity index (χ1) is 20.4. The van der Waals surface area contributed by atoms with Crippen LogP contribution in [0, 0.1) is 11.6 Å². The van der Waals surface area contributed by atoms with Crippen molar-refractivity contribution in [1.29, 1.82) is 0 Å². The summed E-state index contributed by atoms with van der Waals surface area (Å²) in [6, 6.07) is 13.4. The van der Waals surface area contributed by atoms with Gasteiger partial charge in [0.15, 0.2) is 5.82 Å². The lowest BCUT2D eigenvalue weighted by molar-refractivity contribution is 0.414. The van der Waals surface area contributed by atoms with Crippen LogP contribution in [0.25, 0.3) is 16.6 Å². The molecular weight excluding hydrogens is 602 g/mol. The molecule has 224 valence electrons. The smallest absolute Gasteiger partial charge is 0.258 e. The number of anilines is 1. The monoisotopic (exact) mass is 628 g/mol. The Kier molecular flexibility index (Phi) is 8.23. The average molecular weight is 629 g/mol. The predicted molar refractivity (Wildman–Crippen MR) is 160 cm³/mol. The van der Waals surface area contributed by atoms with Crippen molar-refractivity contribution in [2.45, 2.75) is 19.0 Å². The number of aryl methyl sites for hydroxylation is 1. The lowest BCUT2D eigenvalue weighted by atomic mass is 10.0. The number of methoxy groups -OCH3 is 1. The Morgan fingerprint density at radius 1 is 1.05 bits per heavy atom. The number of hydrogen-bond acceptors (Lipinski definition) is 7. The van der Waals surface area contributed by atoms with E-state index in [4.69, 9.17) is 22.1 Å². The number of rotatable bonds is 9. The molecule has 0 fully saturated rings. The Morgan fingerprint density at radius 3 is 2.35 bits per heavy atom. The third kappa shape index (κ3) is 6.10. The summed E-state index contributed by atoms with van der Waals surface area (Å²) in [5.74, 6) is -0.730. The Morgan fingerprint density at radius 2 is 1.72 bits per heavy atom. The third-order valence-electron chi connectivity index (χ3n) is 6.84. The Hall–Kier alpha value is -4.33. The highest BCUT2D eigenvalue weighted by atomic mass is 35.5. The number of sulfonamides is 1. The van der Waals surface area contributed by atoms with E-state index in [1.54, 1.807) is 37.4 Å². The molecule has 3 aromatic carbocycles. The Labute approximate surface area is 251 Å². The molecule has 0 unspecified atom stereocenters. The number of aromatic nitrogens is 4. The van der Waals surface area contributed by atoms with Crippen molar-refractivity contribution in [2.75, 3.05) is 17.7 Å². The van der Waals surface area contributed by atoms with Gasteiger partial charge < -0.3 is 10.5 Å². The number of benzene rings is 3. The van der Waals surface area contributed by atoms with Crippen LogP contribution in [0.3, 0.4) is 0 Å². The Balaban J connectivity index is 1.66. The summed E-state index contributed by atoms with van der Waals surface area (Å²) >= 11 is 6.66. The predicted octanol–water partition coefficient (Wildman–Crippen LogP) is 4.27. The molecule has 5 aromatic rings. The van der Waals surface area contributed by atoms with E-state index in [1.807, 2.05) is 0 Å². The van der Waals surface area contributed by atoms with Crippen molar-refractivity contribution in [1.82, 2.24) is 19.3 Å². The van der Waals surface area contributed by atoms with E-state index < -0.39 is 33.3 Å². The maximum absolute atomic E-state index is 13.8. The van der Waals surface area contributed by atoms with Crippen LogP contribution in [0.15, 0.2) is 71.7 Å². The summed E-state index contributed by atoms with van der Waals surface area (Å²) in [7, 11) is -0.745. The quantitative estimate of drug-likeness (QED) is 0.258. The standard InChI is InChI=1S/C29H27ClF2N6O4S/c1-36-27-24(38-25(39)10-11-34-28(38)23(33)14-18-12-19(31)15-20(32)13-18)9-8-22(30)26(27)29(35-36)37(43(3,40)41)16-17-4-6-21(42-2)7-5-17/h4-13,15,23H,14,16,33H2,1-3H3/t23-/m0/s1. The van der Waals surface area contributed by atoms with Gasteiger partial charge in [0.2, 0.25) is 10.0 Å². The third-order valence-corrected chi connectivity index (χ3v) is 8.26. The van der Waals surface area contributed by atoms with Gasteiger partial charge in [-0.05, 0) is 53.9 Å². The molecule has 0 saturated carbocycles. The maximum Gasteiger partial charge on any atom is 0.258 e. The maximum atomic E-state index is 13.8. The molecule has 0 aliphatic carbocycles. The van der Waals surface area contributed by atoms with Crippen LogP contribution in [-0.4, -0.2) is 41.1 Å². The minimum absolute atomic E-state index is 0.0256. The fourth-order valence-corrected chi connectivity index (χ4v) is 6.00. The minimum atomic E-state index is -3.87. The van der Waals surface area contributed by atoms with Crippen LogP contribution in [0.1, 0.15) is 23.0 Å². The molecule has 2 heterocycles. The molecule has 2 aromatic heterocycles. The number of halogens is 3. The van der Waals surface area contributed by atoms with Crippen LogP contribution in [0.2, 0.25) is 5.02 Å². The van der Waals surface area contributed by atoms with E-state index >= 15 is 0 Å². The van der Waals surface area contributed by atoms with Gasteiger partial charge in [-0.3, -0.25) is 14.0 Å². The fraction of sp³-hybridized carbons (Fsp3) is 0.207. The average Bonchev–Trinajstić information content (AvgIpc) is 3.28. The highest BCUT2D eigenvalue weighted by Crippen LogP contribution is 2.37. The van der Waals surface area contributed by atoms with Gasteiger partial charge in [-0.15, -0.1) is 0 Å². The normalized spacial score (nSPS) is 12.4. The Bertz CT molecular complexity index is 1980. The summed E-state index contributed by atoms with van der Waals surface area (Å²) < 4.78 is 62.8. The first-order valence-corrected chi connectivity index (χ1v) is 15.1. The minimum Gasteiger partial charge on any atom is -0.497 e. The van der Waals surface area contributed by atoms with Gasteiger partial charge in [-0.2, -0.15) is 5.10 Å². The number of fused-ring (bicyclic) bond motifs is 1. The summed E-state index contributed by atoms with van der Waals surface area (Å²) in [5.41, 5.74) is 7.53. The highest BCUT2D eigenvalue weighted by Gasteiger charge is 2.28. The second-order valence-electron chi connectivity index (χ2n) is 9.92. The van der Waals surface area contributed by atoms with Crippen molar-refractivity contribution in [3.05, 3.63) is 111 Å². The lowest BCUT2D eigenvalue weighted by Crippen LogP contribution is -2.30. The first kappa shape index (κ1) is 30.1. The van der Waals surface area contributed by atoms with E-state index in [9.17, 15) is 22.0 Å². The number of nitrogens with two attached hydrogens (primary N) is 1. The van der Waals surface area contributed by atoms with Crippen LogP contribution < -0.4 is 20.3 Å². The van der Waals surface area contributed by atoms with Gasteiger partial charge in [-0.25, -0.2) is 26.5 Å². The van der Waals surface area contributed by atoms with Gasteiger partial charge in [-0.1, -0.05) is 23.7 Å². The van der Waals surface area contributed by atoms with E-state index in [1.165, 1.54) is 34.7 Å². The molecule has 0 saturated heterocycles. The van der Waals surface area contributed by atoms with Gasteiger partial charge in [0.25, 0.3) is 5.56 Å². The molecule has 2 N–H and O–H groups in total. The van der Waals surface area contributed by atoms with Crippen molar-refractivity contribution >= 4 is 38.3 Å². The van der Waals surface area contributed by atoms with Crippen LogP contribution in [0.5, 0.6) is 5.75 Å². The topological polar surface area (TPSA) is 125 Å². The largest absolute Gasteiger partial charge is 0.497 e. The van der Waals surface area contributed by atoms with E-state index in [0.717, 1.165) is 28.8 Å². The van der Waals surface area contributed by atoms with Crippen molar-refractivity contribution in [3.63, 3.8) is 0 Å². The molecule has 0 bridgehead atoms. The zero-order valence-corrected chi connectivity index (χ0v) is 24.9. The summed E-state index contributed by atoms with van der Waals surface area (Å²) in [6.45, 7) is -0.0529. The SMILES string of the molecule is COc1ccc(CN(c2nn(C)c3c(-n4c([C@@H](N)Cc5cc(F)cc(F)c5)nccc4=O)ccc(Cl)c23)S(C)(=O)=O)cc1. The van der Waals surface area contributed by atoms with Crippen molar-refractivity contribution in [2.24, 2.45) is 12.8 Å². The lowest BCUT2D eigenvalue weighted by Gasteiger charge is -2.21. The van der Waals surface area contributed by atoms with Gasteiger partial charge in [0, 0.05) is 25.4 Å². The van der Waals surface area contributed by atoms with E-state index in [-0.39, 0.29) is 46.3 Å². The molecule has 0 amide bonds. The summed E-state index contributed by atoms with van der Waals surface area (Å²) in [4.78, 5) is 17.6. The fourth-order valence-electron chi connectivity index (χ4n) is 4.94. The molecule has 5 rings (SSSR count). The zero-order valence-electron chi connectivity index (χ0n) is 23.3. The number of hydrogen-bond donors (Lipinski definition) is 1. The van der Waals surface area contributed by atoms with E-state index in [0.29, 0.717) is 16.8 Å². The molecule has 1 atom stereocenters. The molecule has 0 aliphatic rings. The second kappa shape index (κ2) is 11.7. The second-order valence-corrected chi connectivity index (χ2v) is 12.2. The van der Waals surface area contributed by atoms with Crippen LogP contribution in [0.4, 0.5) is 14.6 Å². The molecule has 10 nitrogen and oxygen atoms in total. The highest BCUT2D eigenvalue weighted by molar-refractivity contribution is 7.92. The van der Waals surface area contributed by atoms with Crippen LogP contribution in [-0.2, 0) is 30.0 Å². The van der Waals surface area contributed by atoms with Gasteiger partial charge >= 0.3 is 0 Å². The van der Waals surface area contributed by atoms with Crippen molar-refractivity contribution in [3.8, 4) is 11.4 Å². The molecule has 0 spiro atoms. The molecule has 0 radical (unpaired) electrons. The molecule has 43 heavy (non-hydrogen) atoms. The molecule has 0 aliphatic heterocycles. The number of ether oxygens (including phenoxy) is 1. The first-order valence-electron chi connectivity index (χ1n) is 12.9. The molecule has 14 heteroatoms. The van der Waals surface area contributed by atoms with E-state index in [2.05, 4.69) is 10.1 Å². The summed E-state index contributed by atoms with van der Waals surface area (Å²) in [6.07, 6.45) is 2.33. The molecular formula is C29H27ClF2N6O4S. The zero-order chi connectivity index (χ0) is 31.1. The van der Waals surface area contributed by atoms with Gasteiger partial charge in [0.1, 0.15) is 23.2 Å².